The highest BCUT2D eigenvalue weighted by atomic mass is 19.3. The van der Waals surface area contributed by atoms with Crippen molar-refractivity contribution in [2.75, 3.05) is 27.3 Å². The fraction of sp³-hybridized carbons (Fsp3) is 0.588. The molecule has 1 atom stereocenters. The third-order valence-electron chi connectivity index (χ3n) is 4.14. The zero-order valence-corrected chi connectivity index (χ0v) is 14.1. The average molecular weight is 342 g/mol. The van der Waals surface area contributed by atoms with E-state index >= 15 is 0 Å². The molecule has 5 nitrogen and oxygen atoms in total. The Morgan fingerprint density at radius 2 is 1.92 bits per heavy atom. The lowest BCUT2D eigenvalue weighted by Crippen LogP contribution is -2.49. The zero-order chi connectivity index (χ0) is 17.5. The molecule has 1 aromatic rings. The van der Waals surface area contributed by atoms with Gasteiger partial charge in [-0.05, 0) is 37.1 Å². The number of alkyl halides is 2. The summed E-state index contributed by atoms with van der Waals surface area (Å²) >= 11 is 0. The van der Waals surface area contributed by atoms with E-state index in [1.165, 1.54) is 0 Å². The highest BCUT2D eigenvalue weighted by Crippen LogP contribution is 2.26. The zero-order valence-electron chi connectivity index (χ0n) is 14.1. The van der Waals surface area contributed by atoms with E-state index in [2.05, 4.69) is 5.32 Å². The average Bonchev–Trinajstić information content (AvgIpc) is 2.59. The van der Waals surface area contributed by atoms with Gasteiger partial charge in [0.1, 0.15) is 11.5 Å². The molecule has 0 aliphatic carbocycles. The van der Waals surface area contributed by atoms with Crippen molar-refractivity contribution in [3.8, 4) is 11.5 Å². The van der Waals surface area contributed by atoms with Crippen LogP contribution in [0.25, 0.3) is 0 Å². The summed E-state index contributed by atoms with van der Waals surface area (Å²) in [5, 5.41) is 2.33. The molecule has 1 amide bonds. The normalized spacial score (nSPS) is 18.5. The maximum atomic E-state index is 12.3. The van der Waals surface area contributed by atoms with E-state index in [9.17, 15) is 13.6 Å². The lowest BCUT2D eigenvalue weighted by atomic mass is 10.00. The summed E-state index contributed by atoms with van der Waals surface area (Å²) in [7, 11) is 3.17. The fourth-order valence-corrected chi connectivity index (χ4v) is 2.96. The minimum atomic E-state index is -2.53. The van der Waals surface area contributed by atoms with Crippen molar-refractivity contribution >= 4 is 5.91 Å². The van der Waals surface area contributed by atoms with Crippen LogP contribution < -0.4 is 14.8 Å². The minimum absolute atomic E-state index is 0.329. The van der Waals surface area contributed by atoms with Crippen LogP contribution in [0.15, 0.2) is 18.2 Å². The predicted octanol–water partition coefficient (Wildman–Crippen LogP) is 2.44. The molecule has 2 rings (SSSR count). The quantitative estimate of drug-likeness (QED) is 0.827. The van der Waals surface area contributed by atoms with Gasteiger partial charge in [0, 0.05) is 12.6 Å². The predicted molar refractivity (Wildman–Crippen MR) is 86.6 cm³/mol. The van der Waals surface area contributed by atoms with E-state index in [1.54, 1.807) is 20.3 Å². The third kappa shape index (κ3) is 5.06. The number of hydrogen-bond donors (Lipinski definition) is 1. The summed E-state index contributed by atoms with van der Waals surface area (Å²) in [6.45, 7) is 0.697. The summed E-state index contributed by atoms with van der Waals surface area (Å²) in [6, 6.07) is 5.19. The second-order valence-corrected chi connectivity index (χ2v) is 5.84. The van der Waals surface area contributed by atoms with Crippen LogP contribution >= 0.6 is 0 Å². The Kier molecular flexibility index (Phi) is 6.78. The topological polar surface area (TPSA) is 50.8 Å². The Bertz CT molecular complexity index is 532. The van der Waals surface area contributed by atoms with Crippen molar-refractivity contribution in [2.24, 2.45) is 0 Å². The molecule has 0 unspecified atom stereocenters. The van der Waals surface area contributed by atoms with Crippen LogP contribution in [0.2, 0.25) is 0 Å². The van der Waals surface area contributed by atoms with E-state index in [0.29, 0.717) is 24.5 Å². The summed E-state index contributed by atoms with van der Waals surface area (Å²) in [6.07, 6.45) is 0.0503. The number of nitrogens with zero attached hydrogens (tertiary/aromatic N) is 1. The van der Waals surface area contributed by atoms with Crippen LogP contribution in [0, 0.1) is 0 Å². The van der Waals surface area contributed by atoms with Gasteiger partial charge in [-0.1, -0.05) is 6.42 Å². The number of halogens is 2. The largest absolute Gasteiger partial charge is 0.497 e. The Morgan fingerprint density at radius 3 is 2.50 bits per heavy atom. The van der Waals surface area contributed by atoms with Crippen LogP contribution in [0.3, 0.4) is 0 Å². The third-order valence-corrected chi connectivity index (χ3v) is 4.14. The van der Waals surface area contributed by atoms with E-state index in [-0.39, 0.29) is 11.9 Å². The Labute approximate surface area is 140 Å². The van der Waals surface area contributed by atoms with Crippen molar-refractivity contribution in [1.82, 2.24) is 10.2 Å². The number of likely N-dealkylation sites (tertiary alicyclic amines) is 1. The van der Waals surface area contributed by atoms with Gasteiger partial charge < -0.3 is 14.8 Å². The first-order chi connectivity index (χ1) is 11.5. The number of amides is 1. The van der Waals surface area contributed by atoms with Crippen LogP contribution in [0.5, 0.6) is 11.5 Å². The standard InChI is InChI=1S/C17H24F2N2O3/c1-23-13-7-12(8-14(9-13)24-2)11-21-6-4-3-5-15(21)17(22)20-10-16(18)19/h7-9,15-16H,3-6,10-11H2,1-2H3,(H,20,22)/t15-/m0/s1. The molecule has 1 saturated heterocycles. The lowest BCUT2D eigenvalue weighted by molar-refractivity contribution is -0.128. The Hall–Kier alpha value is -1.89. The van der Waals surface area contributed by atoms with Crippen LogP contribution in [0.4, 0.5) is 8.78 Å². The van der Waals surface area contributed by atoms with Gasteiger partial charge in [-0.2, -0.15) is 0 Å². The van der Waals surface area contributed by atoms with Gasteiger partial charge in [-0.3, -0.25) is 9.69 Å². The number of hydrogen-bond acceptors (Lipinski definition) is 4. The Morgan fingerprint density at radius 1 is 1.25 bits per heavy atom. The summed E-state index contributed by atoms with van der Waals surface area (Å²) < 4.78 is 35.2. The van der Waals surface area contributed by atoms with Crippen LogP contribution in [-0.4, -0.2) is 50.6 Å². The molecule has 134 valence electrons. The molecule has 7 heteroatoms. The van der Waals surface area contributed by atoms with Crippen LogP contribution in [-0.2, 0) is 11.3 Å². The molecule has 0 saturated carbocycles. The number of piperidine rings is 1. The molecule has 1 aliphatic heterocycles. The van der Waals surface area contributed by atoms with Crippen molar-refractivity contribution in [3.63, 3.8) is 0 Å². The lowest BCUT2D eigenvalue weighted by Gasteiger charge is -2.34. The molecule has 0 radical (unpaired) electrons. The number of ether oxygens (including phenoxy) is 2. The summed E-state index contributed by atoms with van der Waals surface area (Å²) in [5.74, 6) is 1.03. The van der Waals surface area contributed by atoms with Crippen molar-refractivity contribution in [2.45, 2.75) is 38.3 Å². The maximum Gasteiger partial charge on any atom is 0.255 e. The van der Waals surface area contributed by atoms with Crippen molar-refractivity contribution in [3.05, 3.63) is 23.8 Å². The van der Waals surface area contributed by atoms with E-state index < -0.39 is 13.0 Å². The summed E-state index contributed by atoms with van der Waals surface area (Å²) in [5.41, 5.74) is 0.958. The van der Waals surface area contributed by atoms with Gasteiger partial charge in [-0.25, -0.2) is 8.78 Å². The van der Waals surface area contributed by atoms with Gasteiger partial charge in [-0.15, -0.1) is 0 Å². The van der Waals surface area contributed by atoms with E-state index in [4.69, 9.17) is 9.47 Å². The van der Waals surface area contributed by atoms with Gasteiger partial charge in [0.05, 0.1) is 26.8 Å². The van der Waals surface area contributed by atoms with Gasteiger partial charge >= 0.3 is 0 Å². The smallest absolute Gasteiger partial charge is 0.255 e. The van der Waals surface area contributed by atoms with Gasteiger partial charge in [0.25, 0.3) is 6.43 Å². The fourth-order valence-electron chi connectivity index (χ4n) is 2.96. The van der Waals surface area contributed by atoms with Gasteiger partial charge in [0.15, 0.2) is 0 Å². The van der Waals surface area contributed by atoms with Crippen molar-refractivity contribution in [1.29, 1.82) is 0 Å². The second kappa shape index (κ2) is 8.82. The molecule has 1 aliphatic rings. The van der Waals surface area contributed by atoms with Crippen LogP contribution in [0.1, 0.15) is 24.8 Å². The van der Waals surface area contributed by atoms with Crippen molar-refractivity contribution < 1.29 is 23.0 Å². The molecular weight excluding hydrogens is 318 g/mol. The Balaban J connectivity index is 2.09. The molecule has 1 heterocycles. The molecule has 1 aromatic carbocycles. The first kappa shape index (κ1) is 18.4. The summed E-state index contributed by atoms with van der Waals surface area (Å²) in [4.78, 5) is 14.2. The minimum Gasteiger partial charge on any atom is -0.497 e. The first-order valence-corrected chi connectivity index (χ1v) is 8.05. The molecule has 0 spiro atoms. The maximum absolute atomic E-state index is 12.3. The number of nitrogens with one attached hydrogen (secondary N) is 1. The highest BCUT2D eigenvalue weighted by Gasteiger charge is 2.29. The molecule has 24 heavy (non-hydrogen) atoms. The SMILES string of the molecule is COc1cc(CN2CCCC[C@H]2C(=O)NCC(F)F)cc(OC)c1. The number of benzene rings is 1. The molecule has 1 fully saturated rings. The van der Waals surface area contributed by atoms with E-state index in [1.807, 2.05) is 17.0 Å². The number of carbonyl (C=O) groups is 1. The molecule has 1 N–H and O–H groups in total. The first-order valence-electron chi connectivity index (χ1n) is 8.05. The highest BCUT2D eigenvalue weighted by molar-refractivity contribution is 5.81. The number of methoxy groups -OCH3 is 2. The van der Waals surface area contributed by atoms with Gasteiger partial charge in [0.2, 0.25) is 5.91 Å². The molecular formula is C17H24F2N2O3. The number of carbonyl (C=O) groups excluding carboxylic acids is 1. The molecule has 0 aromatic heterocycles. The second-order valence-electron chi connectivity index (χ2n) is 5.84. The van der Waals surface area contributed by atoms with E-state index in [0.717, 1.165) is 24.9 Å². The monoisotopic (exact) mass is 342 g/mol. The number of rotatable bonds is 7. The molecule has 0 bridgehead atoms.